The quantitative estimate of drug-likeness (QED) is 0.0846. The summed E-state index contributed by atoms with van der Waals surface area (Å²) < 4.78 is 22.4. The zero-order valence-corrected chi connectivity index (χ0v) is 24.6. The van der Waals surface area contributed by atoms with Crippen LogP contribution in [-0.4, -0.2) is 129 Å². The van der Waals surface area contributed by atoms with Gasteiger partial charge in [0.25, 0.3) is 0 Å². The van der Waals surface area contributed by atoms with Crippen LogP contribution in [0.1, 0.15) is 90.4 Å². The summed E-state index contributed by atoms with van der Waals surface area (Å²) in [6.45, 7) is 1.18. The van der Waals surface area contributed by atoms with Gasteiger partial charge in [-0.15, -0.1) is 0 Å². The van der Waals surface area contributed by atoms with E-state index in [1.165, 1.54) is 57.8 Å². The van der Waals surface area contributed by atoms with Gasteiger partial charge >= 0.3 is 0 Å². The van der Waals surface area contributed by atoms with E-state index < -0.39 is 74.6 Å². The molecule has 8 N–H and O–H groups in total. The Morgan fingerprint density at radius 3 is 1.24 bits per heavy atom. The van der Waals surface area contributed by atoms with E-state index in [2.05, 4.69) is 6.92 Å². The van der Waals surface area contributed by atoms with Gasteiger partial charge in [-0.05, 0) is 6.42 Å². The molecular formula is C29H56O12. The smallest absolute Gasteiger partial charge is 0.186 e. The Morgan fingerprint density at radius 2 is 0.878 bits per heavy atom. The Bertz CT molecular complexity index is 613. The first-order valence-corrected chi connectivity index (χ1v) is 15.6. The number of aliphatic hydroxyl groups is 8. The lowest BCUT2D eigenvalue weighted by Gasteiger charge is -2.41. The van der Waals surface area contributed by atoms with Crippen molar-refractivity contribution >= 4 is 0 Å². The van der Waals surface area contributed by atoms with Gasteiger partial charge in [-0.3, -0.25) is 0 Å². The molecule has 244 valence electrons. The molecule has 2 fully saturated rings. The van der Waals surface area contributed by atoms with Gasteiger partial charge in [0, 0.05) is 5.92 Å². The molecule has 0 spiro atoms. The number of unbranched alkanes of at least 4 members (excludes halogenated alkanes) is 11. The topological polar surface area (TPSA) is 199 Å². The normalized spacial score (nSPS) is 34.4. The molecule has 0 aromatic rings. The Hall–Kier alpha value is -0.480. The number of hydrogen-bond donors (Lipinski definition) is 8. The average molecular weight is 597 g/mol. The molecule has 12 heteroatoms. The predicted molar refractivity (Wildman–Crippen MR) is 149 cm³/mol. The molecule has 0 saturated carbocycles. The largest absolute Gasteiger partial charge is 0.394 e. The van der Waals surface area contributed by atoms with Crippen molar-refractivity contribution in [3.05, 3.63) is 0 Å². The van der Waals surface area contributed by atoms with Crippen molar-refractivity contribution in [3.8, 4) is 0 Å². The van der Waals surface area contributed by atoms with E-state index in [1.54, 1.807) is 0 Å². The summed E-state index contributed by atoms with van der Waals surface area (Å²) in [7, 11) is 0. The maximum absolute atomic E-state index is 10.3. The lowest BCUT2D eigenvalue weighted by atomic mass is 9.98. The van der Waals surface area contributed by atoms with Crippen LogP contribution in [0.15, 0.2) is 0 Å². The molecule has 0 amide bonds. The van der Waals surface area contributed by atoms with Gasteiger partial charge in [0.1, 0.15) is 48.8 Å². The predicted octanol–water partition coefficient (Wildman–Crippen LogP) is 0.327. The minimum atomic E-state index is -1.55. The fourth-order valence-electron chi connectivity index (χ4n) is 5.36. The first-order chi connectivity index (χ1) is 19.7. The summed E-state index contributed by atoms with van der Waals surface area (Å²) >= 11 is 0. The lowest BCUT2D eigenvalue weighted by Crippen LogP contribution is -2.59. The van der Waals surface area contributed by atoms with Gasteiger partial charge in [-0.2, -0.15) is 0 Å². The van der Waals surface area contributed by atoms with Crippen molar-refractivity contribution in [2.24, 2.45) is 5.92 Å². The molecule has 0 aromatic carbocycles. The fraction of sp³-hybridized carbons (Fsp3) is 1.00. The first kappa shape index (κ1) is 36.7. The Kier molecular flexibility index (Phi) is 18.3. The highest BCUT2D eigenvalue weighted by Crippen LogP contribution is 2.26. The zero-order chi connectivity index (χ0) is 30.2. The van der Waals surface area contributed by atoms with E-state index in [4.69, 9.17) is 18.9 Å². The van der Waals surface area contributed by atoms with Crippen molar-refractivity contribution in [1.29, 1.82) is 0 Å². The molecule has 0 unspecified atom stereocenters. The average Bonchev–Trinajstić information content (AvgIpc) is 2.97. The van der Waals surface area contributed by atoms with Crippen LogP contribution >= 0.6 is 0 Å². The molecule has 10 atom stereocenters. The fourth-order valence-corrected chi connectivity index (χ4v) is 5.36. The molecule has 0 bridgehead atoms. The van der Waals surface area contributed by atoms with Crippen LogP contribution < -0.4 is 0 Å². The molecule has 2 heterocycles. The summed E-state index contributed by atoms with van der Waals surface area (Å²) in [5.41, 5.74) is 0. The van der Waals surface area contributed by atoms with Crippen LogP contribution in [0.3, 0.4) is 0 Å². The summed E-state index contributed by atoms with van der Waals surface area (Å²) in [5.74, 6) is -0.252. The van der Waals surface area contributed by atoms with Crippen molar-refractivity contribution in [3.63, 3.8) is 0 Å². The lowest BCUT2D eigenvalue weighted by molar-refractivity contribution is -0.312. The first-order valence-electron chi connectivity index (χ1n) is 15.6. The molecule has 2 aliphatic rings. The van der Waals surface area contributed by atoms with E-state index in [0.29, 0.717) is 6.42 Å². The van der Waals surface area contributed by atoms with Crippen LogP contribution in [0, 0.1) is 5.92 Å². The van der Waals surface area contributed by atoms with E-state index in [0.717, 1.165) is 19.3 Å². The Morgan fingerprint density at radius 1 is 0.512 bits per heavy atom. The van der Waals surface area contributed by atoms with Gasteiger partial charge in [-0.25, -0.2) is 0 Å². The van der Waals surface area contributed by atoms with Crippen molar-refractivity contribution in [1.82, 2.24) is 0 Å². The highest BCUT2D eigenvalue weighted by molar-refractivity contribution is 4.90. The minimum Gasteiger partial charge on any atom is -0.394 e. The SMILES string of the molecule is CCCCCCCCCCCCCCC(CO[C@@H]1O[C@H](CO)[C@H](O)[C@H](O)[C@H]1O)CO[C@@H]1O[C@H](CO)[C@H](O)[C@H](O)[C@H]1O. The Balaban J connectivity index is 1.82. The van der Waals surface area contributed by atoms with E-state index in [-0.39, 0.29) is 19.1 Å². The van der Waals surface area contributed by atoms with Gasteiger partial charge < -0.3 is 59.8 Å². The van der Waals surface area contributed by atoms with Crippen LogP contribution in [0.2, 0.25) is 0 Å². The third-order valence-corrected chi connectivity index (χ3v) is 8.16. The second-order valence-electron chi connectivity index (χ2n) is 11.6. The van der Waals surface area contributed by atoms with Crippen LogP contribution in [0.4, 0.5) is 0 Å². The summed E-state index contributed by atoms with van der Waals surface area (Å²) in [5, 5.41) is 79.6. The molecule has 12 nitrogen and oxygen atoms in total. The number of ether oxygens (including phenoxy) is 4. The third kappa shape index (κ3) is 12.2. The second-order valence-corrected chi connectivity index (χ2v) is 11.6. The highest BCUT2D eigenvalue weighted by Gasteiger charge is 2.45. The molecule has 0 aliphatic carbocycles. The minimum absolute atomic E-state index is 0.0398. The van der Waals surface area contributed by atoms with Gasteiger partial charge in [0.05, 0.1) is 26.4 Å². The highest BCUT2D eigenvalue weighted by atomic mass is 16.7. The van der Waals surface area contributed by atoms with Crippen molar-refractivity contribution < 1.29 is 59.8 Å². The number of aliphatic hydroxyl groups excluding tert-OH is 8. The molecule has 2 rings (SSSR count). The summed E-state index contributed by atoms with van der Waals surface area (Å²) in [6, 6.07) is 0. The maximum atomic E-state index is 10.3. The molecule has 2 saturated heterocycles. The van der Waals surface area contributed by atoms with Gasteiger partial charge in [-0.1, -0.05) is 84.0 Å². The van der Waals surface area contributed by atoms with Crippen LogP contribution in [-0.2, 0) is 18.9 Å². The van der Waals surface area contributed by atoms with E-state index in [1.807, 2.05) is 0 Å². The molecule has 0 radical (unpaired) electrons. The molecule has 2 aliphatic heterocycles. The molecule has 41 heavy (non-hydrogen) atoms. The monoisotopic (exact) mass is 596 g/mol. The Labute approximate surface area is 244 Å². The zero-order valence-electron chi connectivity index (χ0n) is 24.6. The number of hydrogen-bond acceptors (Lipinski definition) is 12. The second kappa shape index (κ2) is 20.5. The van der Waals surface area contributed by atoms with Gasteiger partial charge in [0.15, 0.2) is 12.6 Å². The summed E-state index contributed by atoms with van der Waals surface area (Å²) in [6.07, 6.45) is 1.31. The third-order valence-electron chi connectivity index (χ3n) is 8.16. The van der Waals surface area contributed by atoms with Crippen LogP contribution in [0.25, 0.3) is 0 Å². The van der Waals surface area contributed by atoms with E-state index in [9.17, 15) is 40.9 Å². The molecular weight excluding hydrogens is 540 g/mol. The van der Waals surface area contributed by atoms with Crippen molar-refractivity contribution in [2.45, 2.75) is 152 Å². The van der Waals surface area contributed by atoms with Crippen molar-refractivity contribution in [2.75, 3.05) is 26.4 Å². The van der Waals surface area contributed by atoms with E-state index >= 15 is 0 Å². The number of rotatable bonds is 21. The summed E-state index contributed by atoms with van der Waals surface area (Å²) in [4.78, 5) is 0. The van der Waals surface area contributed by atoms with Crippen LogP contribution in [0.5, 0.6) is 0 Å². The standard InChI is InChI=1S/C29H56O12/c1-2-3-4-5-6-7-8-9-10-11-12-13-14-19(17-38-28-26(36)24(34)22(32)20(15-30)40-28)18-39-29-27(37)25(35)23(33)21(16-31)41-29/h19-37H,2-18H2,1H3/t20-,21-,22+,23+,24+,25+,26-,27-,28-,29-/m1/s1. The maximum Gasteiger partial charge on any atom is 0.186 e. The molecule has 0 aromatic heterocycles. The van der Waals surface area contributed by atoms with Gasteiger partial charge in [0.2, 0.25) is 0 Å².